The predicted octanol–water partition coefficient (Wildman–Crippen LogP) is -0.0558. The number of hydrogen-bond donors (Lipinski definition) is 2. The largest absolute Gasteiger partial charge is 0.456 e. The molecule has 1 aliphatic rings. The van der Waals surface area contributed by atoms with Gasteiger partial charge in [-0.05, 0) is 0 Å². The van der Waals surface area contributed by atoms with Gasteiger partial charge in [0.25, 0.3) is 0 Å². The Bertz CT molecular complexity index is 812. The van der Waals surface area contributed by atoms with Crippen LogP contribution in [0.25, 0.3) is 11.2 Å². The van der Waals surface area contributed by atoms with Crippen LogP contribution >= 0.6 is 0 Å². The molecule has 1 amide bonds. The Kier molecular flexibility index (Phi) is 4.59. The Labute approximate surface area is 141 Å². The number of imidazole rings is 1. The summed E-state index contributed by atoms with van der Waals surface area (Å²) in [6, 6.07) is 0. The Morgan fingerprint density at radius 3 is 2.80 bits per heavy atom. The molecule has 11 heteroatoms. The van der Waals surface area contributed by atoms with Crippen LogP contribution in [0.4, 0.5) is 10.2 Å². The number of nitrogens with one attached hydrogen (secondary N) is 1. The summed E-state index contributed by atoms with van der Waals surface area (Å²) in [7, 11) is 0. The van der Waals surface area contributed by atoms with Gasteiger partial charge in [0.05, 0.1) is 12.9 Å². The van der Waals surface area contributed by atoms with Crippen LogP contribution in [0.1, 0.15) is 20.1 Å². The molecule has 1 aliphatic heterocycles. The number of halogens is 1. The molecule has 0 radical (unpaired) electrons. The number of carbonyl (C=O) groups excluding carboxylic acids is 2. The van der Waals surface area contributed by atoms with E-state index in [9.17, 15) is 19.1 Å². The minimum Gasteiger partial charge on any atom is -0.456 e. The smallest absolute Gasteiger partial charge is 0.303 e. The summed E-state index contributed by atoms with van der Waals surface area (Å²) in [6.45, 7) is 1.94. The highest BCUT2D eigenvalue weighted by Gasteiger charge is 2.48. The molecule has 4 atom stereocenters. The molecule has 0 saturated carbocycles. The summed E-state index contributed by atoms with van der Waals surface area (Å²) >= 11 is 0. The zero-order valence-corrected chi connectivity index (χ0v) is 13.4. The fourth-order valence-electron chi connectivity index (χ4n) is 2.69. The second-order valence-corrected chi connectivity index (χ2v) is 5.49. The summed E-state index contributed by atoms with van der Waals surface area (Å²) in [5.41, 5.74) is 0.483. The average Bonchev–Trinajstić information content (AvgIpc) is 3.09. The Morgan fingerprint density at radius 2 is 2.16 bits per heavy atom. The highest BCUT2D eigenvalue weighted by atomic mass is 19.1. The van der Waals surface area contributed by atoms with Crippen molar-refractivity contribution >= 4 is 28.9 Å². The first kappa shape index (κ1) is 17.2. The van der Waals surface area contributed by atoms with Gasteiger partial charge >= 0.3 is 5.97 Å². The molecule has 0 aliphatic carbocycles. The van der Waals surface area contributed by atoms with Crippen LogP contribution in [0, 0.1) is 0 Å². The lowest BCUT2D eigenvalue weighted by Crippen LogP contribution is -2.35. The van der Waals surface area contributed by atoms with Crippen molar-refractivity contribution in [1.82, 2.24) is 19.5 Å². The number of alkyl halides is 1. The van der Waals surface area contributed by atoms with Gasteiger partial charge < -0.3 is 19.9 Å². The number of amides is 1. The van der Waals surface area contributed by atoms with Crippen molar-refractivity contribution < 1.29 is 28.6 Å². The first-order valence-corrected chi connectivity index (χ1v) is 7.45. The van der Waals surface area contributed by atoms with E-state index in [2.05, 4.69) is 20.3 Å². The van der Waals surface area contributed by atoms with Crippen molar-refractivity contribution in [3.05, 3.63) is 12.7 Å². The van der Waals surface area contributed by atoms with E-state index >= 15 is 0 Å². The van der Waals surface area contributed by atoms with Gasteiger partial charge in [-0.25, -0.2) is 19.3 Å². The van der Waals surface area contributed by atoms with Crippen molar-refractivity contribution in [3.8, 4) is 0 Å². The van der Waals surface area contributed by atoms with Gasteiger partial charge in [0.1, 0.15) is 12.4 Å². The van der Waals surface area contributed by atoms with Crippen LogP contribution < -0.4 is 5.32 Å². The molecule has 0 spiro atoms. The fraction of sp³-hybridized carbons (Fsp3) is 0.500. The van der Waals surface area contributed by atoms with E-state index < -0.39 is 37.2 Å². The monoisotopic (exact) mass is 353 g/mol. The number of hydrogen-bond acceptors (Lipinski definition) is 8. The predicted molar refractivity (Wildman–Crippen MR) is 81.1 cm³/mol. The van der Waals surface area contributed by atoms with Gasteiger partial charge in [-0.1, -0.05) is 0 Å². The molecule has 2 aromatic rings. The Balaban J connectivity index is 1.96. The van der Waals surface area contributed by atoms with Gasteiger partial charge in [0.15, 0.2) is 35.5 Å². The zero-order valence-electron chi connectivity index (χ0n) is 13.4. The van der Waals surface area contributed by atoms with Crippen molar-refractivity contribution in [2.45, 2.75) is 38.5 Å². The molecule has 0 bridgehead atoms. The first-order chi connectivity index (χ1) is 11.9. The van der Waals surface area contributed by atoms with Crippen molar-refractivity contribution in [3.63, 3.8) is 0 Å². The Hall–Kier alpha value is -2.66. The van der Waals surface area contributed by atoms with E-state index in [1.165, 1.54) is 24.1 Å². The van der Waals surface area contributed by atoms with Gasteiger partial charge in [-0.3, -0.25) is 14.2 Å². The van der Waals surface area contributed by atoms with Crippen LogP contribution in [-0.4, -0.2) is 61.5 Å². The lowest BCUT2D eigenvalue weighted by atomic mass is 10.1. The number of aromatic nitrogens is 4. The van der Waals surface area contributed by atoms with Crippen LogP contribution in [-0.2, 0) is 19.1 Å². The average molecular weight is 353 g/mol. The highest BCUT2D eigenvalue weighted by molar-refractivity contribution is 5.95. The van der Waals surface area contributed by atoms with E-state index in [1.54, 1.807) is 0 Å². The topological polar surface area (TPSA) is 128 Å². The number of fused-ring (bicyclic) bond motifs is 1. The van der Waals surface area contributed by atoms with E-state index in [1.807, 2.05) is 0 Å². The zero-order chi connectivity index (χ0) is 18.1. The maximum atomic E-state index is 14.8. The number of aliphatic hydroxyl groups excluding tert-OH is 1. The second-order valence-electron chi connectivity index (χ2n) is 5.49. The summed E-state index contributed by atoms with van der Waals surface area (Å²) in [6.07, 6.45) is -2.73. The fourth-order valence-corrected chi connectivity index (χ4v) is 2.69. The number of ether oxygens (including phenoxy) is 2. The highest BCUT2D eigenvalue weighted by Crippen LogP contribution is 2.35. The van der Waals surface area contributed by atoms with Crippen molar-refractivity contribution in [2.75, 3.05) is 11.9 Å². The van der Waals surface area contributed by atoms with Gasteiger partial charge in [0, 0.05) is 13.8 Å². The van der Waals surface area contributed by atoms with E-state index in [4.69, 9.17) is 9.47 Å². The second kappa shape index (κ2) is 6.69. The molecule has 1 saturated heterocycles. The van der Waals surface area contributed by atoms with E-state index in [0.717, 1.165) is 6.92 Å². The molecule has 25 heavy (non-hydrogen) atoms. The number of anilines is 1. The number of aliphatic hydroxyl groups is 1. The lowest BCUT2D eigenvalue weighted by Gasteiger charge is -2.17. The molecule has 3 heterocycles. The standard InChI is InChI=1S/C14H16FN5O5/c1-6(22)19-12-10-13(17-4-16-12)20(5-18-10)14-9(15)11(24-7(2)23)8(3-21)25-14/h4-5,8-9,11,14,21H,3H2,1-2H3,(H,16,17,19,22)/t8-,9+,11+,14-/m1/s1. The van der Waals surface area contributed by atoms with E-state index in [0.29, 0.717) is 0 Å². The number of carbonyl (C=O) groups is 2. The molecule has 2 aromatic heterocycles. The number of nitrogens with zero attached hydrogens (tertiary/aromatic N) is 4. The summed E-state index contributed by atoms with van der Waals surface area (Å²) in [5, 5.41) is 11.9. The van der Waals surface area contributed by atoms with Crippen molar-refractivity contribution in [1.29, 1.82) is 0 Å². The molecule has 0 unspecified atom stereocenters. The lowest BCUT2D eigenvalue weighted by molar-refractivity contribution is -0.152. The summed E-state index contributed by atoms with van der Waals surface area (Å²) < 4.78 is 26.5. The third kappa shape index (κ3) is 3.15. The Morgan fingerprint density at radius 1 is 1.40 bits per heavy atom. The molecule has 1 fully saturated rings. The minimum absolute atomic E-state index is 0.180. The maximum absolute atomic E-state index is 14.8. The van der Waals surface area contributed by atoms with Gasteiger partial charge in [0.2, 0.25) is 5.91 Å². The summed E-state index contributed by atoms with van der Waals surface area (Å²) in [4.78, 5) is 34.5. The SMILES string of the molecule is CC(=O)Nc1ncnc2c1ncn2[C@@H]1O[C@H](CO)[C@H](OC(C)=O)[C@@H]1F. The molecule has 10 nitrogen and oxygen atoms in total. The van der Waals surface area contributed by atoms with Gasteiger partial charge in [-0.15, -0.1) is 0 Å². The van der Waals surface area contributed by atoms with Crippen molar-refractivity contribution in [2.24, 2.45) is 0 Å². The quantitative estimate of drug-likeness (QED) is 0.732. The molecule has 134 valence electrons. The molecule has 3 rings (SSSR count). The molecule has 2 N–H and O–H groups in total. The summed E-state index contributed by atoms with van der Waals surface area (Å²) in [5.74, 6) is -0.841. The number of rotatable bonds is 4. The first-order valence-electron chi connectivity index (χ1n) is 7.45. The van der Waals surface area contributed by atoms with Crippen LogP contribution in [0.2, 0.25) is 0 Å². The van der Waals surface area contributed by atoms with Crippen LogP contribution in [0.15, 0.2) is 12.7 Å². The normalized spacial score (nSPS) is 25.9. The molecular weight excluding hydrogens is 337 g/mol. The molecule has 0 aromatic carbocycles. The van der Waals surface area contributed by atoms with Gasteiger partial charge in [-0.2, -0.15) is 0 Å². The van der Waals surface area contributed by atoms with E-state index in [-0.39, 0.29) is 22.9 Å². The third-order valence-corrected chi connectivity index (χ3v) is 3.68. The third-order valence-electron chi connectivity index (χ3n) is 3.68. The minimum atomic E-state index is -1.74. The maximum Gasteiger partial charge on any atom is 0.303 e. The molecular formula is C14H16FN5O5. The van der Waals surface area contributed by atoms with Crippen LogP contribution in [0.3, 0.4) is 0 Å². The van der Waals surface area contributed by atoms with Crippen LogP contribution in [0.5, 0.6) is 0 Å². The number of esters is 1.